The van der Waals surface area contributed by atoms with E-state index < -0.39 is 12.0 Å². The van der Waals surface area contributed by atoms with Crippen LogP contribution in [0.15, 0.2) is 69.4 Å². The first-order valence-electron chi connectivity index (χ1n) is 11.7. The van der Waals surface area contributed by atoms with Gasteiger partial charge in [0, 0.05) is 21.5 Å². The summed E-state index contributed by atoms with van der Waals surface area (Å²) >= 11 is 5.20. The second-order valence-electron chi connectivity index (χ2n) is 8.11. The lowest BCUT2D eigenvalue weighted by molar-refractivity contribution is -0.140. The molecule has 2 heterocycles. The number of hydrogen-bond donors (Lipinski definition) is 1. The molecule has 4 rings (SSSR count). The summed E-state index contributed by atoms with van der Waals surface area (Å²) in [5.41, 5.74) is 2.89. The van der Waals surface area contributed by atoms with Gasteiger partial charge in [-0.3, -0.25) is 0 Å². The molecule has 1 unspecified atom stereocenters. The number of rotatable bonds is 10. The Balaban J connectivity index is 1.74. The van der Waals surface area contributed by atoms with Gasteiger partial charge >= 0.3 is 5.97 Å². The van der Waals surface area contributed by atoms with E-state index >= 15 is 0 Å². The van der Waals surface area contributed by atoms with Crippen LogP contribution in [-0.4, -0.2) is 33.1 Å². The first kappa shape index (κ1) is 25.3. The first-order valence-corrected chi connectivity index (χ1v) is 13.5. The van der Waals surface area contributed by atoms with Crippen molar-refractivity contribution in [3.63, 3.8) is 0 Å². The molecule has 1 aliphatic rings. The van der Waals surface area contributed by atoms with E-state index in [0.29, 0.717) is 34.7 Å². The van der Waals surface area contributed by atoms with Gasteiger partial charge in [-0.15, -0.1) is 5.10 Å². The van der Waals surface area contributed by atoms with Gasteiger partial charge in [-0.25, -0.2) is 9.48 Å². The maximum atomic E-state index is 13.5. The van der Waals surface area contributed by atoms with E-state index in [0.717, 1.165) is 34.2 Å². The number of benzene rings is 2. The Morgan fingerprint density at radius 1 is 1.20 bits per heavy atom. The summed E-state index contributed by atoms with van der Waals surface area (Å²) in [6.07, 6.45) is 2.19. The van der Waals surface area contributed by atoms with E-state index in [4.69, 9.17) is 19.6 Å². The predicted octanol–water partition coefficient (Wildman–Crippen LogP) is 6.36. The SMILES string of the molecule is CCCCSc1nc2n(n1)C(c1cc(Br)ccc1OCC)C(C(=O)OCc1ccccc1)=C(C)N2. The molecule has 9 heteroatoms. The topological polar surface area (TPSA) is 78.3 Å². The van der Waals surface area contributed by atoms with E-state index in [1.54, 1.807) is 16.4 Å². The zero-order valence-corrected chi connectivity index (χ0v) is 22.5. The van der Waals surface area contributed by atoms with Gasteiger partial charge in [-0.2, -0.15) is 4.98 Å². The zero-order chi connectivity index (χ0) is 24.8. The Kier molecular flexibility index (Phi) is 8.51. The average molecular weight is 558 g/mol. The van der Waals surface area contributed by atoms with Crippen LogP contribution >= 0.6 is 27.7 Å². The van der Waals surface area contributed by atoms with Gasteiger partial charge in [0.05, 0.1) is 12.2 Å². The van der Waals surface area contributed by atoms with Gasteiger partial charge in [0.1, 0.15) is 18.4 Å². The van der Waals surface area contributed by atoms with Gasteiger partial charge in [0.2, 0.25) is 11.1 Å². The Morgan fingerprint density at radius 2 is 2.00 bits per heavy atom. The van der Waals surface area contributed by atoms with Gasteiger partial charge in [-0.05, 0) is 44.0 Å². The zero-order valence-electron chi connectivity index (χ0n) is 20.1. The van der Waals surface area contributed by atoms with Crippen molar-refractivity contribution in [1.29, 1.82) is 0 Å². The summed E-state index contributed by atoms with van der Waals surface area (Å²) < 4.78 is 14.4. The number of nitrogens with one attached hydrogen (secondary N) is 1. The van der Waals surface area contributed by atoms with E-state index in [1.165, 1.54) is 0 Å². The van der Waals surface area contributed by atoms with Gasteiger partial charge in [0.15, 0.2) is 0 Å². The predicted molar refractivity (Wildman–Crippen MR) is 142 cm³/mol. The Morgan fingerprint density at radius 3 is 2.74 bits per heavy atom. The minimum Gasteiger partial charge on any atom is -0.494 e. The maximum absolute atomic E-state index is 13.5. The van der Waals surface area contributed by atoms with Crippen molar-refractivity contribution in [1.82, 2.24) is 14.8 Å². The maximum Gasteiger partial charge on any atom is 0.338 e. The monoisotopic (exact) mass is 556 g/mol. The van der Waals surface area contributed by atoms with Crippen LogP contribution in [0.1, 0.15) is 50.8 Å². The van der Waals surface area contributed by atoms with Crippen molar-refractivity contribution in [3.05, 3.63) is 75.4 Å². The number of hydrogen-bond acceptors (Lipinski definition) is 7. The van der Waals surface area contributed by atoms with Crippen molar-refractivity contribution in [2.24, 2.45) is 0 Å². The largest absolute Gasteiger partial charge is 0.494 e. The van der Waals surface area contributed by atoms with Crippen LogP contribution in [0, 0.1) is 0 Å². The standard InChI is InChI=1S/C26H29BrN4O3S/c1-4-6-14-35-26-29-25-28-17(3)22(24(32)34-16-18-10-8-7-9-11-18)23(31(25)30-26)20-15-19(27)12-13-21(20)33-5-2/h7-13,15,23H,4-6,14,16H2,1-3H3,(H,28,29,30). The Labute approximate surface area is 218 Å². The number of unbranched alkanes of at least 4 members (excludes halogenated alkanes) is 1. The molecule has 0 saturated heterocycles. The molecule has 7 nitrogen and oxygen atoms in total. The van der Waals surface area contributed by atoms with Crippen molar-refractivity contribution < 1.29 is 14.3 Å². The van der Waals surface area contributed by atoms with Crippen molar-refractivity contribution in [2.75, 3.05) is 17.7 Å². The number of anilines is 1. The third kappa shape index (κ3) is 5.90. The number of ether oxygens (including phenoxy) is 2. The molecule has 2 aromatic carbocycles. The molecule has 0 spiro atoms. The number of fused-ring (bicyclic) bond motifs is 1. The highest BCUT2D eigenvalue weighted by atomic mass is 79.9. The lowest BCUT2D eigenvalue weighted by Gasteiger charge is -2.29. The molecule has 0 radical (unpaired) electrons. The van der Waals surface area contributed by atoms with Crippen LogP contribution in [0.25, 0.3) is 0 Å². The second kappa shape index (κ2) is 11.8. The lowest BCUT2D eigenvalue weighted by Crippen LogP contribution is -2.30. The molecular formula is C26H29BrN4O3S. The summed E-state index contributed by atoms with van der Waals surface area (Å²) in [6, 6.07) is 14.9. The van der Waals surface area contributed by atoms with Crippen LogP contribution < -0.4 is 10.1 Å². The van der Waals surface area contributed by atoms with E-state index in [-0.39, 0.29) is 6.61 Å². The molecule has 3 aromatic rings. The highest BCUT2D eigenvalue weighted by Gasteiger charge is 2.37. The number of carbonyl (C=O) groups is 1. The minimum atomic E-state index is -0.554. The van der Waals surface area contributed by atoms with Crippen LogP contribution in [0.2, 0.25) is 0 Å². The molecule has 0 fully saturated rings. The fourth-order valence-corrected chi connectivity index (χ4v) is 5.16. The van der Waals surface area contributed by atoms with Crippen molar-refractivity contribution >= 4 is 39.6 Å². The van der Waals surface area contributed by atoms with E-state index in [9.17, 15) is 4.79 Å². The fraction of sp³-hybridized carbons (Fsp3) is 0.346. The van der Waals surface area contributed by atoms with Crippen LogP contribution in [-0.2, 0) is 16.1 Å². The molecule has 1 aliphatic heterocycles. The summed E-state index contributed by atoms with van der Waals surface area (Å²) in [5, 5.41) is 8.73. The van der Waals surface area contributed by atoms with Gasteiger partial charge in [-0.1, -0.05) is 71.4 Å². The molecule has 0 saturated carbocycles. The van der Waals surface area contributed by atoms with Crippen molar-refractivity contribution in [2.45, 2.75) is 51.4 Å². The number of allylic oxidation sites excluding steroid dienone is 1. The molecule has 1 atom stereocenters. The van der Waals surface area contributed by atoms with Crippen molar-refractivity contribution in [3.8, 4) is 5.75 Å². The van der Waals surface area contributed by atoms with E-state index in [1.807, 2.05) is 62.4 Å². The highest BCUT2D eigenvalue weighted by Crippen LogP contribution is 2.41. The average Bonchev–Trinajstić information content (AvgIpc) is 3.26. The minimum absolute atomic E-state index is 0.183. The Bertz CT molecular complexity index is 1210. The number of esters is 1. The summed E-state index contributed by atoms with van der Waals surface area (Å²) in [6.45, 7) is 6.65. The van der Waals surface area contributed by atoms with Gasteiger partial charge < -0.3 is 14.8 Å². The van der Waals surface area contributed by atoms with E-state index in [2.05, 4.69) is 28.2 Å². The number of thioether (sulfide) groups is 1. The number of halogens is 1. The third-order valence-corrected chi connectivity index (χ3v) is 6.98. The summed E-state index contributed by atoms with van der Waals surface area (Å²) in [4.78, 5) is 18.2. The molecule has 0 bridgehead atoms. The number of aromatic nitrogens is 3. The third-order valence-electron chi connectivity index (χ3n) is 5.56. The molecule has 0 amide bonds. The first-order chi connectivity index (χ1) is 17.0. The Hall–Kier alpha value is -2.78. The normalized spacial score (nSPS) is 14.9. The lowest BCUT2D eigenvalue weighted by atomic mass is 9.95. The number of carbonyl (C=O) groups excluding carboxylic acids is 1. The molecule has 35 heavy (non-hydrogen) atoms. The summed E-state index contributed by atoms with van der Waals surface area (Å²) in [7, 11) is 0. The fourth-order valence-electron chi connectivity index (χ4n) is 3.87. The second-order valence-corrected chi connectivity index (χ2v) is 10.1. The summed E-state index contributed by atoms with van der Waals surface area (Å²) in [5.74, 6) is 1.80. The van der Waals surface area contributed by atoms with Gasteiger partial charge in [0.25, 0.3) is 0 Å². The molecule has 1 aromatic heterocycles. The number of nitrogens with zero attached hydrogens (tertiary/aromatic N) is 3. The quantitative estimate of drug-likeness (QED) is 0.177. The molecule has 1 N–H and O–H groups in total. The van der Waals surface area contributed by atoms with Crippen LogP contribution in [0.5, 0.6) is 5.75 Å². The molecular weight excluding hydrogens is 528 g/mol. The van der Waals surface area contributed by atoms with Crippen LogP contribution in [0.4, 0.5) is 5.95 Å². The highest BCUT2D eigenvalue weighted by molar-refractivity contribution is 9.10. The molecule has 184 valence electrons. The smallest absolute Gasteiger partial charge is 0.338 e. The van der Waals surface area contributed by atoms with Crippen LogP contribution in [0.3, 0.4) is 0 Å². The molecule has 0 aliphatic carbocycles.